The minimum absolute atomic E-state index is 0.0587. The smallest absolute Gasteiger partial charge is 0.230 e. The van der Waals surface area contributed by atoms with Crippen LogP contribution in [0.3, 0.4) is 0 Å². The molecule has 0 unspecified atom stereocenters. The number of carbonyl (C=O) groups is 1. The zero-order chi connectivity index (χ0) is 20.8. The van der Waals surface area contributed by atoms with Gasteiger partial charge in [0.25, 0.3) is 0 Å². The highest BCUT2D eigenvalue weighted by Gasteiger charge is 2.15. The van der Waals surface area contributed by atoms with E-state index in [1.54, 1.807) is 0 Å². The minimum atomic E-state index is -0.0587. The number of nitrogens with one attached hydrogen (secondary N) is 1. The van der Waals surface area contributed by atoms with Gasteiger partial charge in [0.1, 0.15) is 18.2 Å². The minimum Gasteiger partial charge on any atom is -0.491 e. The molecular formula is C22H26N4O2S. The van der Waals surface area contributed by atoms with Gasteiger partial charge in [-0.3, -0.25) is 9.36 Å². The Hall–Kier alpha value is -2.80. The quantitative estimate of drug-likeness (QED) is 0.452. The highest BCUT2D eigenvalue weighted by Crippen LogP contribution is 2.24. The van der Waals surface area contributed by atoms with Crippen LogP contribution >= 0.6 is 11.8 Å². The van der Waals surface area contributed by atoms with Crippen LogP contribution in [0.4, 0.5) is 0 Å². The lowest BCUT2D eigenvalue weighted by molar-refractivity contribution is -0.118. The van der Waals surface area contributed by atoms with Crippen molar-refractivity contribution in [2.75, 3.05) is 18.9 Å². The third kappa shape index (κ3) is 5.38. The van der Waals surface area contributed by atoms with E-state index < -0.39 is 0 Å². The summed E-state index contributed by atoms with van der Waals surface area (Å²) in [7, 11) is 0. The summed E-state index contributed by atoms with van der Waals surface area (Å²) in [4.78, 5) is 12.2. The molecule has 1 heterocycles. The Bertz CT molecular complexity index is 1000. The molecule has 0 aliphatic heterocycles. The second kappa shape index (κ2) is 9.60. The summed E-state index contributed by atoms with van der Waals surface area (Å²) in [5.74, 6) is 1.85. The molecular weight excluding hydrogens is 384 g/mol. The molecule has 7 heteroatoms. The maximum absolute atomic E-state index is 12.2. The predicted molar refractivity (Wildman–Crippen MR) is 116 cm³/mol. The summed E-state index contributed by atoms with van der Waals surface area (Å²) in [6.07, 6.45) is 0. The van der Waals surface area contributed by atoms with Gasteiger partial charge in [0.15, 0.2) is 5.16 Å². The van der Waals surface area contributed by atoms with E-state index in [0.717, 1.165) is 28.4 Å². The van der Waals surface area contributed by atoms with Crippen molar-refractivity contribution in [3.05, 3.63) is 65.0 Å². The fraction of sp³-hybridized carbons (Fsp3) is 0.318. The number of ether oxygens (including phenoxy) is 1. The van der Waals surface area contributed by atoms with E-state index in [1.165, 1.54) is 17.3 Å². The van der Waals surface area contributed by atoms with Crippen LogP contribution in [-0.4, -0.2) is 39.6 Å². The number of para-hydroxylation sites is 1. The Morgan fingerprint density at radius 3 is 2.66 bits per heavy atom. The predicted octanol–water partition coefficient (Wildman–Crippen LogP) is 3.79. The van der Waals surface area contributed by atoms with Crippen molar-refractivity contribution >= 4 is 17.7 Å². The van der Waals surface area contributed by atoms with Crippen LogP contribution in [-0.2, 0) is 4.79 Å². The molecule has 0 atom stereocenters. The Kier molecular flexibility index (Phi) is 6.93. The molecule has 1 amide bonds. The van der Waals surface area contributed by atoms with Gasteiger partial charge in [-0.15, -0.1) is 10.2 Å². The molecule has 6 nitrogen and oxygen atoms in total. The maximum Gasteiger partial charge on any atom is 0.230 e. The number of aryl methyl sites for hydroxylation is 4. The van der Waals surface area contributed by atoms with Crippen LogP contribution in [0.2, 0.25) is 0 Å². The van der Waals surface area contributed by atoms with Gasteiger partial charge in [0.2, 0.25) is 5.91 Å². The third-order valence-corrected chi connectivity index (χ3v) is 5.44. The molecule has 1 aromatic heterocycles. The normalized spacial score (nSPS) is 10.8. The molecule has 0 saturated heterocycles. The lowest BCUT2D eigenvalue weighted by Gasteiger charge is -2.12. The van der Waals surface area contributed by atoms with Crippen LogP contribution in [0.15, 0.2) is 47.6 Å². The van der Waals surface area contributed by atoms with E-state index in [2.05, 4.69) is 47.6 Å². The molecule has 0 radical (unpaired) electrons. The van der Waals surface area contributed by atoms with E-state index in [1.807, 2.05) is 42.7 Å². The summed E-state index contributed by atoms with van der Waals surface area (Å²) in [6.45, 7) is 8.92. The number of hydrogen-bond acceptors (Lipinski definition) is 5. The van der Waals surface area contributed by atoms with Gasteiger partial charge in [-0.1, -0.05) is 42.1 Å². The fourth-order valence-electron chi connectivity index (χ4n) is 2.93. The average molecular weight is 411 g/mol. The highest BCUT2D eigenvalue weighted by molar-refractivity contribution is 7.99. The average Bonchev–Trinajstić information content (AvgIpc) is 3.07. The molecule has 0 aliphatic rings. The SMILES string of the molecule is Cc1ccc(C)c(-n2c(C)nnc2SCC(=O)NCCOc2ccccc2C)c1. The van der Waals surface area contributed by atoms with Crippen molar-refractivity contribution in [2.24, 2.45) is 0 Å². The number of nitrogens with zero attached hydrogens (tertiary/aromatic N) is 3. The van der Waals surface area contributed by atoms with Gasteiger partial charge >= 0.3 is 0 Å². The Balaban J connectivity index is 1.53. The number of thioether (sulfide) groups is 1. The van der Waals surface area contributed by atoms with Gasteiger partial charge < -0.3 is 10.1 Å². The number of carbonyl (C=O) groups excluding carboxylic acids is 1. The highest BCUT2D eigenvalue weighted by atomic mass is 32.2. The number of rotatable bonds is 8. The van der Waals surface area contributed by atoms with Gasteiger partial charge in [-0.05, 0) is 56.5 Å². The van der Waals surface area contributed by atoms with E-state index in [0.29, 0.717) is 18.3 Å². The van der Waals surface area contributed by atoms with Crippen LogP contribution in [0.25, 0.3) is 5.69 Å². The zero-order valence-electron chi connectivity index (χ0n) is 17.2. The number of hydrogen-bond donors (Lipinski definition) is 1. The van der Waals surface area contributed by atoms with E-state index in [9.17, 15) is 4.79 Å². The van der Waals surface area contributed by atoms with Crippen molar-refractivity contribution in [1.29, 1.82) is 0 Å². The Morgan fingerprint density at radius 2 is 1.86 bits per heavy atom. The van der Waals surface area contributed by atoms with Crippen molar-refractivity contribution in [1.82, 2.24) is 20.1 Å². The number of amides is 1. The van der Waals surface area contributed by atoms with Crippen molar-refractivity contribution in [2.45, 2.75) is 32.9 Å². The first-order chi connectivity index (χ1) is 14.0. The van der Waals surface area contributed by atoms with E-state index in [4.69, 9.17) is 4.74 Å². The number of aromatic nitrogens is 3. The standard InChI is InChI=1S/C22H26N4O2S/c1-15-9-10-16(2)19(13-15)26-18(4)24-25-22(26)29-14-21(27)23-11-12-28-20-8-6-5-7-17(20)3/h5-10,13H,11-12,14H2,1-4H3,(H,23,27). The Morgan fingerprint density at radius 1 is 1.07 bits per heavy atom. The molecule has 1 N–H and O–H groups in total. The number of benzene rings is 2. The van der Waals surface area contributed by atoms with Crippen molar-refractivity contribution in [3.63, 3.8) is 0 Å². The molecule has 0 bridgehead atoms. The third-order valence-electron chi connectivity index (χ3n) is 4.51. The first kappa shape index (κ1) is 20.9. The van der Waals surface area contributed by atoms with E-state index >= 15 is 0 Å². The van der Waals surface area contributed by atoms with Gasteiger partial charge in [0, 0.05) is 0 Å². The first-order valence-electron chi connectivity index (χ1n) is 9.53. The molecule has 0 saturated carbocycles. The van der Waals surface area contributed by atoms with Gasteiger partial charge in [0.05, 0.1) is 18.0 Å². The monoisotopic (exact) mass is 410 g/mol. The lowest BCUT2D eigenvalue weighted by atomic mass is 10.1. The summed E-state index contributed by atoms with van der Waals surface area (Å²) < 4.78 is 7.71. The van der Waals surface area contributed by atoms with Gasteiger partial charge in [-0.2, -0.15) is 0 Å². The molecule has 2 aromatic carbocycles. The molecule has 3 aromatic rings. The fourth-order valence-corrected chi connectivity index (χ4v) is 3.75. The molecule has 3 rings (SSSR count). The molecule has 0 fully saturated rings. The van der Waals surface area contributed by atoms with Crippen LogP contribution in [0, 0.1) is 27.7 Å². The molecule has 29 heavy (non-hydrogen) atoms. The van der Waals surface area contributed by atoms with Gasteiger partial charge in [-0.25, -0.2) is 0 Å². The van der Waals surface area contributed by atoms with Crippen LogP contribution in [0.5, 0.6) is 5.75 Å². The second-order valence-corrected chi connectivity index (χ2v) is 7.85. The largest absolute Gasteiger partial charge is 0.491 e. The molecule has 152 valence electrons. The zero-order valence-corrected chi connectivity index (χ0v) is 18.0. The summed E-state index contributed by atoms with van der Waals surface area (Å²) in [6, 6.07) is 14.1. The maximum atomic E-state index is 12.2. The van der Waals surface area contributed by atoms with Crippen molar-refractivity contribution in [3.8, 4) is 11.4 Å². The van der Waals surface area contributed by atoms with Crippen LogP contribution < -0.4 is 10.1 Å². The summed E-state index contributed by atoms with van der Waals surface area (Å²) in [5.41, 5.74) is 4.43. The summed E-state index contributed by atoms with van der Waals surface area (Å²) >= 11 is 1.38. The summed E-state index contributed by atoms with van der Waals surface area (Å²) in [5, 5.41) is 12.0. The van der Waals surface area contributed by atoms with Crippen molar-refractivity contribution < 1.29 is 9.53 Å². The molecule has 0 spiro atoms. The van der Waals surface area contributed by atoms with E-state index in [-0.39, 0.29) is 11.7 Å². The second-order valence-electron chi connectivity index (χ2n) is 6.91. The van der Waals surface area contributed by atoms with Crippen LogP contribution in [0.1, 0.15) is 22.5 Å². The Labute approximate surface area is 175 Å². The molecule has 0 aliphatic carbocycles. The lowest BCUT2D eigenvalue weighted by Crippen LogP contribution is -2.29. The first-order valence-corrected chi connectivity index (χ1v) is 10.5. The topological polar surface area (TPSA) is 69.0 Å².